The average molecular weight is 528 g/mol. The van der Waals surface area contributed by atoms with Gasteiger partial charge < -0.3 is 25.8 Å². The van der Waals surface area contributed by atoms with Crippen LogP contribution < -0.4 is 20.9 Å². The number of thiophene rings is 1. The number of nitrogens with two attached hydrogens (primary N) is 2. The number of ether oxygens (including phenoxy) is 2. The molecular weight excluding hydrogens is 498 g/mol. The number of hydrogen-bond acceptors (Lipinski definition) is 9. The number of methoxy groups -OCH3 is 2. The van der Waals surface area contributed by atoms with E-state index in [4.69, 9.17) is 20.9 Å². The number of anilines is 2. The number of rotatable bonds is 8. The maximum Gasteiger partial charge on any atom is 0.221 e. The number of carbonyl (C=O) groups is 1. The lowest BCUT2D eigenvalue weighted by Gasteiger charge is -2.40. The topological polar surface area (TPSA) is 117 Å². The summed E-state index contributed by atoms with van der Waals surface area (Å²) in [7, 11) is 3.20. The molecule has 1 atom stereocenters. The quantitative estimate of drug-likeness (QED) is 0.254. The summed E-state index contributed by atoms with van der Waals surface area (Å²) in [6, 6.07) is 16.6. The molecule has 0 amide bonds. The molecule has 8 nitrogen and oxygen atoms in total. The van der Waals surface area contributed by atoms with E-state index in [0.29, 0.717) is 23.7 Å². The van der Waals surface area contributed by atoms with Crippen LogP contribution in [0.15, 0.2) is 66.2 Å². The fraction of sp³-hybridized carbons (Fsp3) is 0.207. The third kappa shape index (κ3) is 4.80. The molecule has 3 heterocycles. The molecule has 5 rings (SSSR count). The van der Waals surface area contributed by atoms with Crippen LogP contribution in [0.2, 0.25) is 0 Å². The molecule has 38 heavy (non-hydrogen) atoms. The van der Waals surface area contributed by atoms with Gasteiger partial charge in [-0.25, -0.2) is 4.98 Å². The summed E-state index contributed by atoms with van der Waals surface area (Å²) in [5, 5.41) is 2.08. The lowest BCUT2D eigenvalue weighted by molar-refractivity contribution is -0.104. The fourth-order valence-electron chi connectivity index (χ4n) is 5.09. The van der Waals surface area contributed by atoms with Crippen molar-refractivity contribution in [3.63, 3.8) is 0 Å². The van der Waals surface area contributed by atoms with Crippen molar-refractivity contribution in [3.8, 4) is 11.5 Å². The van der Waals surface area contributed by atoms with Gasteiger partial charge in [-0.3, -0.25) is 4.79 Å². The van der Waals surface area contributed by atoms with Crippen LogP contribution >= 0.6 is 11.3 Å². The Hall–Kier alpha value is -4.37. The predicted octanol–water partition coefficient (Wildman–Crippen LogP) is 4.50. The molecular formula is C29H29N5O3S. The number of carbonyl (C=O) groups excluding carboxylic acids is 1. The summed E-state index contributed by atoms with van der Waals surface area (Å²) < 4.78 is 11.6. The van der Waals surface area contributed by atoms with Gasteiger partial charge in [-0.15, -0.1) is 11.3 Å². The van der Waals surface area contributed by atoms with E-state index >= 15 is 0 Å². The van der Waals surface area contributed by atoms with E-state index in [1.807, 2.05) is 12.1 Å². The van der Waals surface area contributed by atoms with Gasteiger partial charge in [-0.2, -0.15) is 4.98 Å². The van der Waals surface area contributed by atoms with Crippen LogP contribution in [0.1, 0.15) is 38.7 Å². The van der Waals surface area contributed by atoms with E-state index < -0.39 is 0 Å². The normalized spacial score (nSPS) is 15.2. The van der Waals surface area contributed by atoms with Crippen molar-refractivity contribution in [2.24, 2.45) is 0 Å². The lowest BCUT2D eigenvalue weighted by Crippen LogP contribution is -2.34. The molecule has 0 fully saturated rings. The molecule has 0 aliphatic carbocycles. The third-order valence-electron chi connectivity index (χ3n) is 6.76. The Morgan fingerprint density at radius 3 is 2.71 bits per heavy atom. The monoisotopic (exact) mass is 527 g/mol. The Balaban J connectivity index is 1.65. The molecule has 1 aliphatic rings. The maximum atomic E-state index is 12.1. The molecule has 1 unspecified atom stereocenters. The Bertz CT molecular complexity index is 1490. The third-order valence-corrected chi connectivity index (χ3v) is 7.68. The van der Waals surface area contributed by atoms with Gasteiger partial charge in [0.1, 0.15) is 12.1 Å². The van der Waals surface area contributed by atoms with Crippen molar-refractivity contribution in [2.75, 3.05) is 32.2 Å². The van der Waals surface area contributed by atoms with Crippen LogP contribution in [0.5, 0.6) is 11.5 Å². The summed E-state index contributed by atoms with van der Waals surface area (Å²) in [6.07, 6.45) is 5.37. The number of hydrogen-bond donors (Lipinski definition) is 2. The van der Waals surface area contributed by atoms with E-state index in [1.54, 1.807) is 37.8 Å². The number of aldehydes is 1. The predicted molar refractivity (Wildman–Crippen MR) is 150 cm³/mol. The highest BCUT2D eigenvalue weighted by atomic mass is 32.1. The van der Waals surface area contributed by atoms with Crippen molar-refractivity contribution >= 4 is 35.1 Å². The van der Waals surface area contributed by atoms with Gasteiger partial charge in [0, 0.05) is 41.2 Å². The summed E-state index contributed by atoms with van der Waals surface area (Å²) in [4.78, 5) is 23.7. The molecule has 0 saturated carbocycles. The molecule has 0 radical (unpaired) electrons. The minimum absolute atomic E-state index is 0.0494. The molecule has 2 aromatic heterocycles. The van der Waals surface area contributed by atoms with Gasteiger partial charge >= 0.3 is 0 Å². The van der Waals surface area contributed by atoms with Gasteiger partial charge in [0.25, 0.3) is 0 Å². The van der Waals surface area contributed by atoms with E-state index in [9.17, 15) is 4.79 Å². The number of benzene rings is 2. The van der Waals surface area contributed by atoms with E-state index in [-0.39, 0.29) is 12.0 Å². The number of aromatic nitrogens is 2. The Labute approximate surface area is 225 Å². The van der Waals surface area contributed by atoms with Crippen LogP contribution in [-0.2, 0) is 17.6 Å². The molecule has 4 N–H and O–H groups in total. The second-order valence-electron chi connectivity index (χ2n) is 8.94. The zero-order valence-corrected chi connectivity index (χ0v) is 22.1. The van der Waals surface area contributed by atoms with Gasteiger partial charge in [0.05, 0.1) is 26.0 Å². The van der Waals surface area contributed by atoms with Crippen LogP contribution in [0.3, 0.4) is 0 Å². The standard InChI is InChI=1S/C29H29N5O3S/c1-36-24-16-18(14-20-17-32-29(31)33-28(20)30)15-22(27(24)37-2)23(10-12-35)34-11-9-19-6-3-4-7-21(19)26(34)25-8-5-13-38-25/h3-8,10,12-13,15-17,26H,9,11,14H2,1-2H3,(H4,30,31,32,33). The molecule has 194 valence electrons. The van der Waals surface area contributed by atoms with Crippen LogP contribution in [-0.4, -0.2) is 41.9 Å². The first-order valence-electron chi connectivity index (χ1n) is 12.2. The zero-order chi connectivity index (χ0) is 26.6. The molecule has 0 spiro atoms. The SMILES string of the molecule is COc1cc(Cc2cnc(N)nc2N)cc(C(=CC=O)N2CCc3ccccc3C2c2cccs2)c1OC. The minimum atomic E-state index is -0.0494. The van der Waals surface area contributed by atoms with Crippen molar-refractivity contribution < 1.29 is 14.3 Å². The summed E-state index contributed by atoms with van der Waals surface area (Å²) in [6.45, 7) is 0.730. The first-order chi connectivity index (χ1) is 18.5. The van der Waals surface area contributed by atoms with Crippen LogP contribution in [0.25, 0.3) is 5.70 Å². The zero-order valence-electron chi connectivity index (χ0n) is 21.3. The molecule has 4 aromatic rings. The van der Waals surface area contributed by atoms with Gasteiger partial charge in [-0.05, 0) is 46.7 Å². The summed E-state index contributed by atoms with van der Waals surface area (Å²) >= 11 is 1.70. The molecule has 2 aromatic carbocycles. The van der Waals surface area contributed by atoms with Crippen molar-refractivity contribution in [2.45, 2.75) is 18.9 Å². The van der Waals surface area contributed by atoms with Crippen molar-refractivity contribution in [1.29, 1.82) is 0 Å². The lowest BCUT2D eigenvalue weighted by atomic mass is 9.89. The van der Waals surface area contributed by atoms with Crippen molar-refractivity contribution in [3.05, 3.63) is 98.9 Å². The first-order valence-corrected chi connectivity index (χ1v) is 13.1. The van der Waals surface area contributed by atoms with E-state index in [2.05, 4.69) is 56.6 Å². The van der Waals surface area contributed by atoms with Crippen LogP contribution in [0.4, 0.5) is 11.8 Å². The second kappa shape index (κ2) is 10.9. The van der Waals surface area contributed by atoms with E-state index in [0.717, 1.165) is 41.6 Å². The highest BCUT2D eigenvalue weighted by Crippen LogP contribution is 2.45. The van der Waals surface area contributed by atoms with Gasteiger partial charge in [0.2, 0.25) is 5.95 Å². The first kappa shape index (κ1) is 25.3. The van der Waals surface area contributed by atoms with Crippen molar-refractivity contribution in [1.82, 2.24) is 14.9 Å². The summed E-state index contributed by atoms with van der Waals surface area (Å²) in [5.41, 5.74) is 17.5. The Morgan fingerprint density at radius 1 is 1.16 bits per heavy atom. The van der Waals surface area contributed by atoms with Gasteiger partial charge in [-0.1, -0.05) is 30.3 Å². The smallest absolute Gasteiger partial charge is 0.221 e. The largest absolute Gasteiger partial charge is 0.493 e. The Kier molecular flexibility index (Phi) is 7.28. The van der Waals surface area contributed by atoms with Crippen LogP contribution in [0, 0.1) is 0 Å². The highest BCUT2D eigenvalue weighted by molar-refractivity contribution is 7.10. The molecule has 1 aliphatic heterocycles. The number of nitrogens with zero attached hydrogens (tertiary/aromatic N) is 3. The summed E-state index contributed by atoms with van der Waals surface area (Å²) in [5.74, 6) is 1.55. The number of fused-ring (bicyclic) bond motifs is 1. The highest BCUT2D eigenvalue weighted by Gasteiger charge is 2.32. The number of allylic oxidation sites excluding steroid dienone is 1. The molecule has 0 saturated heterocycles. The van der Waals surface area contributed by atoms with E-state index in [1.165, 1.54) is 16.0 Å². The fourth-order valence-corrected chi connectivity index (χ4v) is 5.94. The maximum absolute atomic E-state index is 12.1. The number of nitrogen functional groups attached to an aromatic ring is 2. The van der Waals surface area contributed by atoms with Gasteiger partial charge in [0.15, 0.2) is 11.5 Å². The minimum Gasteiger partial charge on any atom is -0.493 e. The average Bonchev–Trinajstić information content (AvgIpc) is 3.47. The second-order valence-corrected chi connectivity index (χ2v) is 9.92. The molecule has 0 bridgehead atoms. The Morgan fingerprint density at radius 2 is 2.00 bits per heavy atom. The molecule has 9 heteroatoms.